The first-order valence-corrected chi connectivity index (χ1v) is 14.4. The molecular formula is C32H42FNO7. The van der Waals surface area contributed by atoms with Crippen molar-refractivity contribution in [2.24, 2.45) is 11.3 Å². The van der Waals surface area contributed by atoms with Gasteiger partial charge in [-0.1, -0.05) is 31.2 Å². The van der Waals surface area contributed by atoms with Gasteiger partial charge in [0.1, 0.15) is 17.2 Å². The average molecular weight is 572 g/mol. The van der Waals surface area contributed by atoms with Crippen LogP contribution < -0.4 is 4.74 Å². The Labute approximate surface area is 241 Å². The number of carboxylic acid groups (broad SMARTS) is 1. The van der Waals surface area contributed by atoms with Crippen molar-refractivity contribution in [3.63, 3.8) is 0 Å². The van der Waals surface area contributed by atoms with Crippen LogP contribution in [-0.4, -0.2) is 58.8 Å². The van der Waals surface area contributed by atoms with Crippen LogP contribution in [0.2, 0.25) is 0 Å². The van der Waals surface area contributed by atoms with Crippen LogP contribution in [0.15, 0.2) is 42.5 Å². The molecule has 2 aliphatic heterocycles. The van der Waals surface area contributed by atoms with Crippen LogP contribution in [0.3, 0.4) is 0 Å². The van der Waals surface area contributed by atoms with Gasteiger partial charge in [-0.25, -0.2) is 9.18 Å². The Morgan fingerprint density at radius 2 is 1.93 bits per heavy atom. The van der Waals surface area contributed by atoms with Crippen LogP contribution in [0.4, 0.5) is 9.18 Å². The molecule has 2 fully saturated rings. The van der Waals surface area contributed by atoms with Crippen LogP contribution in [0.1, 0.15) is 82.1 Å². The minimum absolute atomic E-state index is 0.0164. The van der Waals surface area contributed by atoms with Crippen molar-refractivity contribution in [1.29, 1.82) is 0 Å². The molecule has 2 aromatic carbocycles. The topological polar surface area (TPSA) is 106 Å². The SMILES string of the molecule is CC[C@]1(C(=O)O)CN(C(=O)OC(C)(C)C)C[C@H](C(O)c2cccc(O[C@H]3CCCCO3)c2)[C@@H]1c1cccc(F)c1C. The van der Waals surface area contributed by atoms with E-state index in [1.54, 1.807) is 71.0 Å². The number of amides is 1. The molecule has 2 aliphatic rings. The number of rotatable bonds is 7. The Morgan fingerprint density at radius 3 is 2.56 bits per heavy atom. The standard InChI is InChI=1S/C32H42FNO7/c1-6-32(29(36)37)19-34(30(38)41-31(3,4)5)18-24(27(32)23-13-10-14-25(33)20(23)2)28(35)21-11-9-12-22(17-21)40-26-15-7-8-16-39-26/h9-14,17,24,26-28,35H,6-8,15-16,18-19H2,1-5H3,(H,36,37)/t24-,26-,27-,28?,32-/m0/s1. The van der Waals surface area contributed by atoms with Gasteiger partial charge in [-0.2, -0.15) is 0 Å². The lowest BCUT2D eigenvalue weighted by atomic mass is 9.59. The maximum atomic E-state index is 14.9. The second-order valence-corrected chi connectivity index (χ2v) is 12.2. The molecule has 0 radical (unpaired) electrons. The van der Waals surface area contributed by atoms with Gasteiger partial charge in [0.05, 0.1) is 18.1 Å². The van der Waals surface area contributed by atoms with Crippen molar-refractivity contribution in [3.8, 4) is 5.75 Å². The number of likely N-dealkylation sites (tertiary alicyclic amines) is 1. The summed E-state index contributed by atoms with van der Waals surface area (Å²) >= 11 is 0. The van der Waals surface area contributed by atoms with Gasteiger partial charge < -0.3 is 29.3 Å². The third-order valence-corrected chi connectivity index (χ3v) is 8.29. The maximum absolute atomic E-state index is 14.9. The number of nitrogens with zero attached hydrogens (tertiary/aromatic N) is 1. The second kappa shape index (κ2) is 12.4. The second-order valence-electron chi connectivity index (χ2n) is 12.2. The van der Waals surface area contributed by atoms with E-state index in [0.717, 1.165) is 19.3 Å². The van der Waals surface area contributed by atoms with Crippen LogP contribution in [0, 0.1) is 24.1 Å². The molecule has 5 atom stereocenters. The zero-order valence-corrected chi connectivity index (χ0v) is 24.6. The number of hydrogen-bond donors (Lipinski definition) is 2. The fraction of sp³-hybridized carbons (Fsp3) is 0.562. The van der Waals surface area contributed by atoms with Gasteiger partial charge in [0, 0.05) is 31.3 Å². The largest absolute Gasteiger partial charge is 0.481 e. The molecule has 224 valence electrons. The van der Waals surface area contributed by atoms with E-state index in [9.17, 15) is 24.2 Å². The van der Waals surface area contributed by atoms with E-state index in [1.165, 1.54) is 11.0 Å². The number of hydrogen-bond acceptors (Lipinski definition) is 6. The van der Waals surface area contributed by atoms with E-state index < -0.39 is 46.8 Å². The van der Waals surface area contributed by atoms with Gasteiger partial charge in [-0.3, -0.25) is 4.79 Å². The third kappa shape index (κ3) is 6.67. The fourth-order valence-corrected chi connectivity index (χ4v) is 6.17. The normalized spacial score (nSPS) is 25.8. The minimum atomic E-state index is -1.51. The Morgan fingerprint density at radius 1 is 1.20 bits per heavy atom. The highest BCUT2D eigenvalue weighted by Gasteiger charge is 2.56. The molecule has 1 unspecified atom stereocenters. The van der Waals surface area contributed by atoms with E-state index in [1.807, 2.05) is 0 Å². The molecule has 0 saturated carbocycles. The van der Waals surface area contributed by atoms with E-state index in [4.69, 9.17) is 14.2 Å². The number of aliphatic hydroxyl groups is 1. The van der Waals surface area contributed by atoms with Crippen molar-refractivity contribution < 1.29 is 38.4 Å². The predicted molar refractivity (Wildman–Crippen MR) is 151 cm³/mol. The number of halogens is 1. The number of benzene rings is 2. The number of carboxylic acids is 1. The van der Waals surface area contributed by atoms with Gasteiger partial charge in [-0.05, 0) is 81.8 Å². The zero-order valence-electron chi connectivity index (χ0n) is 24.6. The summed E-state index contributed by atoms with van der Waals surface area (Å²) in [7, 11) is 0. The number of ether oxygens (including phenoxy) is 3. The number of aliphatic hydroxyl groups excluding tert-OH is 1. The predicted octanol–water partition coefficient (Wildman–Crippen LogP) is 6.20. The smallest absolute Gasteiger partial charge is 0.410 e. The van der Waals surface area contributed by atoms with Crippen molar-refractivity contribution >= 4 is 12.1 Å². The molecule has 0 spiro atoms. The molecule has 9 heteroatoms. The summed E-state index contributed by atoms with van der Waals surface area (Å²) in [6.07, 6.45) is 0.655. The van der Waals surface area contributed by atoms with Crippen molar-refractivity contribution in [2.45, 2.75) is 84.2 Å². The molecule has 41 heavy (non-hydrogen) atoms. The summed E-state index contributed by atoms with van der Waals surface area (Å²) in [5.41, 5.74) is -0.977. The summed E-state index contributed by atoms with van der Waals surface area (Å²) in [6.45, 7) is 9.09. The Bertz CT molecular complexity index is 1240. The first kappa shape index (κ1) is 30.8. The number of carbonyl (C=O) groups excluding carboxylic acids is 1. The van der Waals surface area contributed by atoms with E-state index in [2.05, 4.69) is 0 Å². The monoisotopic (exact) mass is 571 g/mol. The van der Waals surface area contributed by atoms with Gasteiger partial charge in [0.15, 0.2) is 6.29 Å². The van der Waals surface area contributed by atoms with Crippen LogP contribution in [0.25, 0.3) is 0 Å². The van der Waals surface area contributed by atoms with Crippen LogP contribution in [0.5, 0.6) is 5.75 Å². The summed E-state index contributed by atoms with van der Waals surface area (Å²) in [6, 6.07) is 11.6. The number of carbonyl (C=O) groups is 2. The molecule has 2 aromatic rings. The Hall–Kier alpha value is -3.17. The fourth-order valence-electron chi connectivity index (χ4n) is 6.17. The van der Waals surface area contributed by atoms with Crippen molar-refractivity contribution in [2.75, 3.05) is 19.7 Å². The third-order valence-electron chi connectivity index (χ3n) is 8.29. The molecule has 0 aliphatic carbocycles. The minimum Gasteiger partial charge on any atom is -0.481 e. The summed E-state index contributed by atoms with van der Waals surface area (Å²) in [5.74, 6) is -2.66. The molecule has 8 nitrogen and oxygen atoms in total. The zero-order chi connectivity index (χ0) is 29.9. The molecular weight excluding hydrogens is 529 g/mol. The molecule has 0 aromatic heterocycles. The molecule has 2 saturated heterocycles. The highest BCUT2D eigenvalue weighted by Crippen LogP contribution is 2.53. The average Bonchev–Trinajstić information content (AvgIpc) is 2.93. The lowest BCUT2D eigenvalue weighted by Gasteiger charge is -2.51. The lowest BCUT2D eigenvalue weighted by Crippen LogP contribution is -2.59. The Kier molecular flexibility index (Phi) is 9.29. The number of piperidine rings is 1. The molecule has 4 rings (SSSR count). The first-order valence-electron chi connectivity index (χ1n) is 14.4. The maximum Gasteiger partial charge on any atom is 0.410 e. The van der Waals surface area contributed by atoms with Crippen molar-refractivity contribution in [1.82, 2.24) is 4.90 Å². The molecule has 1 amide bonds. The van der Waals surface area contributed by atoms with E-state index in [-0.39, 0.29) is 25.8 Å². The summed E-state index contributed by atoms with van der Waals surface area (Å²) in [5, 5.41) is 22.7. The highest BCUT2D eigenvalue weighted by molar-refractivity contribution is 5.79. The lowest BCUT2D eigenvalue weighted by molar-refractivity contribution is -0.158. The molecule has 2 N–H and O–H groups in total. The van der Waals surface area contributed by atoms with Gasteiger partial charge >= 0.3 is 12.1 Å². The highest BCUT2D eigenvalue weighted by atomic mass is 19.1. The first-order chi connectivity index (χ1) is 19.4. The molecule has 2 heterocycles. The van der Waals surface area contributed by atoms with Gasteiger partial charge in [0.2, 0.25) is 0 Å². The van der Waals surface area contributed by atoms with Crippen LogP contribution >= 0.6 is 0 Å². The van der Waals surface area contributed by atoms with Gasteiger partial charge in [0.25, 0.3) is 0 Å². The molecule has 0 bridgehead atoms. The van der Waals surface area contributed by atoms with Crippen LogP contribution in [-0.2, 0) is 14.3 Å². The van der Waals surface area contributed by atoms with E-state index >= 15 is 0 Å². The summed E-state index contributed by atoms with van der Waals surface area (Å²) < 4.78 is 32.3. The number of aliphatic carboxylic acids is 1. The van der Waals surface area contributed by atoms with Crippen molar-refractivity contribution in [3.05, 3.63) is 65.0 Å². The Balaban J connectivity index is 1.79. The summed E-state index contributed by atoms with van der Waals surface area (Å²) in [4.78, 5) is 27.8. The van der Waals surface area contributed by atoms with E-state index in [0.29, 0.717) is 29.0 Å². The quantitative estimate of drug-likeness (QED) is 0.407. The van der Waals surface area contributed by atoms with Gasteiger partial charge in [-0.15, -0.1) is 0 Å².